The molecule has 5 rings (SSSR count). The summed E-state index contributed by atoms with van der Waals surface area (Å²) in [5, 5.41) is 19.1. The first kappa shape index (κ1) is 31.0. The third-order valence-electron chi connectivity index (χ3n) is 8.08. The van der Waals surface area contributed by atoms with Crippen molar-refractivity contribution in [2.45, 2.75) is 44.4 Å². The molecular weight excluding hydrogens is 560 g/mol. The molecular formula is C32H40N8O4. The molecule has 0 spiro atoms. The molecule has 4 aromatic rings. The van der Waals surface area contributed by atoms with E-state index in [0.29, 0.717) is 80.6 Å². The number of hydrogen-bond acceptors (Lipinski definition) is 8. The number of fused-ring (bicyclic) bond motifs is 1. The Morgan fingerprint density at radius 2 is 1.86 bits per heavy atom. The Labute approximate surface area is 256 Å². The summed E-state index contributed by atoms with van der Waals surface area (Å²) in [6.45, 7) is 2.30. The van der Waals surface area contributed by atoms with Crippen molar-refractivity contribution in [1.29, 1.82) is 0 Å². The summed E-state index contributed by atoms with van der Waals surface area (Å²) >= 11 is 0. The minimum atomic E-state index is -1.17. The van der Waals surface area contributed by atoms with E-state index in [-0.39, 0.29) is 23.9 Å². The van der Waals surface area contributed by atoms with Crippen LogP contribution in [0.2, 0.25) is 0 Å². The summed E-state index contributed by atoms with van der Waals surface area (Å²) < 4.78 is 3.21. The second-order valence-corrected chi connectivity index (χ2v) is 11.7. The number of anilines is 1. The highest BCUT2D eigenvalue weighted by Gasteiger charge is 2.36. The topological polar surface area (TPSA) is 152 Å². The number of aromatic nitrogens is 4. The predicted molar refractivity (Wildman–Crippen MR) is 168 cm³/mol. The summed E-state index contributed by atoms with van der Waals surface area (Å²) in [7, 11) is 3.81. The molecule has 0 atom stereocenters. The van der Waals surface area contributed by atoms with Gasteiger partial charge in [0.1, 0.15) is 0 Å². The van der Waals surface area contributed by atoms with Gasteiger partial charge in [0.25, 0.3) is 11.5 Å². The quantitative estimate of drug-likeness (QED) is 0.235. The largest absolute Gasteiger partial charge is 0.388 e. The Morgan fingerprint density at radius 1 is 1.11 bits per heavy atom. The third kappa shape index (κ3) is 7.21. The molecule has 0 saturated carbocycles. The number of carbonyl (C=O) groups is 2. The van der Waals surface area contributed by atoms with E-state index in [1.54, 1.807) is 34.0 Å². The molecule has 4 N–H and O–H groups in total. The molecule has 0 aliphatic carbocycles. The fourth-order valence-corrected chi connectivity index (χ4v) is 5.55. The van der Waals surface area contributed by atoms with Gasteiger partial charge < -0.3 is 26.0 Å². The monoisotopic (exact) mass is 600 g/mol. The molecule has 12 nitrogen and oxygen atoms in total. The molecule has 1 aliphatic heterocycles. The summed E-state index contributed by atoms with van der Waals surface area (Å²) in [5.41, 5.74) is 7.81. The maximum atomic E-state index is 13.6. The Bertz CT molecular complexity index is 1670. The number of aliphatic hydroxyl groups is 1. The molecule has 232 valence electrons. The van der Waals surface area contributed by atoms with Crippen LogP contribution < -0.4 is 16.6 Å². The molecule has 0 radical (unpaired) electrons. The van der Waals surface area contributed by atoms with Gasteiger partial charge in [0.15, 0.2) is 0 Å². The number of nitrogens with one attached hydrogen (secondary N) is 1. The van der Waals surface area contributed by atoms with Crippen LogP contribution in [0.4, 0.5) is 5.69 Å². The standard InChI is InChI=1S/C32H40N8O4/c1-37(2)14-10-29(41)36-24-8-9-25-27(19-24)34-22-39(30(25)42)21-32(44)11-15-38(16-12-32)31(43)26-20-35-40(17-13-33)28(26)18-23-6-4-3-5-7-23/h3-9,19-20,22,44H,10-18,21,33H2,1-2H3,(H,36,41). The van der Waals surface area contributed by atoms with Crippen LogP contribution in [0.1, 0.15) is 40.9 Å². The van der Waals surface area contributed by atoms with Crippen molar-refractivity contribution in [1.82, 2.24) is 29.1 Å². The SMILES string of the molecule is CN(C)CCC(=O)Nc1ccc2c(=O)n(CC3(O)CCN(C(=O)c4cnn(CCN)c4Cc4ccccc4)CC3)cnc2c1. The van der Waals surface area contributed by atoms with Gasteiger partial charge in [-0.25, -0.2) is 4.98 Å². The van der Waals surface area contributed by atoms with Crippen molar-refractivity contribution in [3.05, 3.63) is 88.2 Å². The summed E-state index contributed by atoms with van der Waals surface area (Å²) in [4.78, 5) is 47.2. The first-order valence-electron chi connectivity index (χ1n) is 14.9. The molecule has 1 fully saturated rings. The van der Waals surface area contributed by atoms with Crippen LogP contribution in [-0.4, -0.2) is 91.9 Å². The molecule has 12 heteroatoms. The van der Waals surface area contributed by atoms with Gasteiger partial charge in [-0.1, -0.05) is 30.3 Å². The first-order chi connectivity index (χ1) is 21.2. The van der Waals surface area contributed by atoms with Gasteiger partial charge >= 0.3 is 0 Å². The van der Waals surface area contributed by atoms with E-state index in [4.69, 9.17) is 5.73 Å². The molecule has 0 unspecified atom stereocenters. The van der Waals surface area contributed by atoms with Crippen LogP contribution >= 0.6 is 0 Å². The smallest absolute Gasteiger partial charge is 0.261 e. The Morgan fingerprint density at radius 3 is 2.57 bits per heavy atom. The van der Waals surface area contributed by atoms with Crippen LogP contribution in [0, 0.1) is 0 Å². The zero-order chi connectivity index (χ0) is 31.3. The lowest BCUT2D eigenvalue weighted by molar-refractivity contribution is -0.116. The molecule has 0 bridgehead atoms. The van der Waals surface area contributed by atoms with E-state index in [1.165, 1.54) is 10.9 Å². The lowest BCUT2D eigenvalue weighted by Gasteiger charge is -2.38. The number of nitrogens with two attached hydrogens (primary N) is 1. The maximum absolute atomic E-state index is 13.6. The number of likely N-dealkylation sites (tertiary alicyclic amines) is 1. The molecule has 44 heavy (non-hydrogen) atoms. The Hall–Kier alpha value is -4.39. The number of amides is 2. The van der Waals surface area contributed by atoms with E-state index < -0.39 is 5.60 Å². The molecule has 1 aliphatic rings. The fraction of sp³-hybridized carbons (Fsp3) is 0.406. The van der Waals surface area contributed by atoms with Gasteiger partial charge in [-0.15, -0.1) is 0 Å². The van der Waals surface area contributed by atoms with Gasteiger partial charge in [0.2, 0.25) is 5.91 Å². The highest BCUT2D eigenvalue weighted by atomic mass is 16.3. The molecule has 2 aromatic heterocycles. The molecule has 2 aromatic carbocycles. The van der Waals surface area contributed by atoms with Crippen molar-refractivity contribution in [3.8, 4) is 0 Å². The van der Waals surface area contributed by atoms with Crippen molar-refractivity contribution in [2.24, 2.45) is 5.73 Å². The molecule has 2 amide bonds. The zero-order valence-corrected chi connectivity index (χ0v) is 25.3. The number of carbonyl (C=O) groups excluding carboxylic acids is 2. The first-order valence-corrected chi connectivity index (χ1v) is 14.9. The van der Waals surface area contributed by atoms with E-state index >= 15 is 0 Å². The minimum Gasteiger partial charge on any atom is -0.388 e. The Kier molecular flexibility index (Phi) is 9.52. The van der Waals surface area contributed by atoms with Crippen molar-refractivity contribution in [3.63, 3.8) is 0 Å². The van der Waals surface area contributed by atoms with Gasteiger partial charge in [0.05, 0.1) is 53.4 Å². The minimum absolute atomic E-state index is 0.0630. The number of hydrogen-bond donors (Lipinski definition) is 3. The van der Waals surface area contributed by atoms with Crippen LogP contribution in [0.5, 0.6) is 0 Å². The van der Waals surface area contributed by atoms with Crippen LogP contribution in [0.3, 0.4) is 0 Å². The average Bonchev–Trinajstić information content (AvgIpc) is 3.40. The van der Waals surface area contributed by atoms with E-state index in [9.17, 15) is 19.5 Å². The lowest BCUT2D eigenvalue weighted by Crippen LogP contribution is -2.49. The third-order valence-corrected chi connectivity index (χ3v) is 8.08. The summed E-state index contributed by atoms with van der Waals surface area (Å²) in [6, 6.07) is 14.9. The predicted octanol–water partition coefficient (Wildman–Crippen LogP) is 1.70. The molecule has 3 heterocycles. The van der Waals surface area contributed by atoms with Crippen LogP contribution in [0.15, 0.2) is 65.8 Å². The Balaban J connectivity index is 1.25. The van der Waals surface area contributed by atoms with Crippen molar-refractivity contribution >= 4 is 28.4 Å². The van der Waals surface area contributed by atoms with E-state index in [0.717, 1.165) is 11.3 Å². The second-order valence-electron chi connectivity index (χ2n) is 11.7. The number of benzene rings is 2. The zero-order valence-electron chi connectivity index (χ0n) is 25.3. The van der Waals surface area contributed by atoms with E-state index in [1.807, 2.05) is 49.3 Å². The van der Waals surface area contributed by atoms with Gasteiger partial charge in [0, 0.05) is 44.7 Å². The maximum Gasteiger partial charge on any atom is 0.261 e. The fourth-order valence-electron chi connectivity index (χ4n) is 5.55. The molecule has 1 saturated heterocycles. The van der Waals surface area contributed by atoms with Gasteiger partial charge in [-0.3, -0.25) is 23.6 Å². The number of piperidine rings is 1. The van der Waals surface area contributed by atoms with Crippen molar-refractivity contribution < 1.29 is 14.7 Å². The van der Waals surface area contributed by atoms with Crippen LogP contribution in [-0.2, 0) is 24.3 Å². The van der Waals surface area contributed by atoms with Gasteiger partial charge in [-0.05, 0) is 50.7 Å². The summed E-state index contributed by atoms with van der Waals surface area (Å²) in [5.74, 6) is -0.245. The van der Waals surface area contributed by atoms with E-state index in [2.05, 4.69) is 15.4 Å². The number of rotatable bonds is 11. The normalized spacial score (nSPS) is 14.7. The lowest BCUT2D eigenvalue weighted by atomic mass is 9.90. The van der Waals surface area contributed by atoms with Crippen LogP contribution in [0.25, 0.3) is 10.9 Å². The van der Waals surface area contributed by atoms with Gasteiger partial charge in [-0.2, -0.15) is 5.10 Å². The highest BCUT2D eigenvalue weighted by molar-refractivity contribution is 5.95. The highest BCUT2D eigenvalue weighted by Crippen LogP contribution is 2.26. The average molecular weight is 601 g/mol. The van der Waals surface area contributed by atoms with Crippen molar-refractivity contribution in [2.75, 3.05) is 45.6 Å². The summed E-state index contributed by atoms with van der Waals surface area (Å²) in [6.07, 6.45) is 4.58. The number of nitrogens with zero attached hydrogens (tertiary/aromatic N) is 6. The second kappa shape index (κ2) is 13.5.